The van der Waals surface area contributed by atoms with Crippen molar-refractivity contribution >= 4 is 28.3 Å². The van der Waals surface area contributed by atoms with Crippen molar-refractivity contribution in [2.75, 3.05) is 57.7 Å². The summed E-state index contributed by atoms with van der Waals surface area (Å²) in [6.45, 7) is 3.89. The maximum absolute atomic E-state index is 13.3. The number of para-hydroxylation sites is 1. The van der Waals surface area contributed by atoms with Gasteiger partial charge in [0.05, 0.1) is 36.5 Å². The minimum absolute atomic E-state index is 0.0490. The van der Waals surface area contributed by atoms with Crippen molar-refractivity contribution in [3.05, 3.63) is 78.5 Å². The van der Waals surface area contributed by atoms with E-state index in [1.54, 1.807) is 56.8 Å². The molecule has 1 aliphatic heterocycles. The number of hydrogen-bond acceptors (Lipinski definition) is 8. The van der Waals surface area contributed by atoms with Gasteiger partial charge in [0.2, 0.25) is 5.88 Å². The van der Waals surface area contributed by atoms with Gasteiger partial charge in [0.1, 0.15) is 17.3 Å². The number of H-pyrrole nitrogens is 1. The zero-order valence-corrected chi connectivity index (χ0v) is 23.7. The lowest BCUT2D eigenvalue weighted by molar-refractivity contribution is 0.102. The number of phenols is 1. The molecule has 0 radical (unpaired) electrons. The van der Waals surface area contributed by atoms with Crippen LogP contribution in [0.15, 0.2) is 72.9 Å². The third-order valence-electron chi connectivity index (χ3n) is 7.59. The maximum atomic E-state index is 13.3. The fourth-order valence-corrected chi connectivity index (χ4v) is 5.23. The monoisotopic (exact) mass is 564 g/mol. The van der Waals surface area contributed by atoms with E-state index in [-0.39, 0.29) is 11.7 Å². The first-order valence-electron chi connectivity index (χ1n) is 13.7. The van der Waals surface area contributed by atoms with Gasteiger partial charge in [-0.1, -0.05) is 12.1 Å². The topological polar surface area (TPSA) is 116 Å². The second-order valence-corrected chi connectivity index (χ2v) is 10.2. The number of imidazole rings is 1. The molecular weight excluding hydrogens is 532 g/mol. The molecule has 0 atom stereocenters. The molecule has 1 aliphatic rings. The number of likely N-dealkylation sites (N-methyl/N-ethyl adjacent to an activating group) is 1. The molecule has 3 heterocycles. The summed E-state index contributed by atoms with van der Waals surface area (Å²) in [6, 6.07) is 20.2. The Bertz CT molecular complexity index is 1760. The maximum Gasteiger partial charge on any atom is 0.255 e. The van der Waals surface area contributed by atoms with Gasteiger partial charge in [-0.2, -0.15) is 0 Å². The number of nitrogens with zero attached hydrogens (tertiary/aromatic N) is 4. The highest BCUT2D eigenvalue weighted by Gasteiger charge is 2.19. The average molecular weight is 565 g/mol. The van der Waals surface area contributed by atoms with Crippen molar-refractivity contribution in [1.82, 2.24) is 19.9 Å². The average Bonchev–Trinajstić information content (AvgIpc) is 3.45. The number of piperazine rings is 1. The first-order valence-corrected chi connectivity index (χ1v) is 13.7. The Morgan fingerprint density at radius 3 is 2.50 bits per heavy atom. The minimum Gasteiger partial charge on any atom is -0.507 e. The number of ether oxygens (including phenoxy) is 2. The van der Waals surface area contributed by atoms with E-state index in [1.165, 1.54) is 0 Å². The van der Waals surface area contributed by atoms with Crippen LogP contribution in [0, 0.1) is 0 Å². The fourth-order valence-electron chi connectivity index (χ4n) is 5.23. The van der Waals surface area contributed by atoms with Gasteiger partial charge in [0.25, 0.3) is 5.91 Å². The van der Waals surface area contributed by atoms with Crippen molar-refractivity contribution in [3.63, 3.8) is 0 Å². The number of benzene rings is 3. The van der Waals surface area contributed by atoms with Crippen molar-refractivity contribution in [3.8, 4) is 39.9 Å². The number of methoxy groups -OCH3 is 2. The summed E-state index contributed by atoms with van der Waals surface area (Å²) >= 11 is 0. The van der Waals surface area contributed by atoms with Gasteiger partial charge in [0, 0.05) is 60.8 Å². The summed E-state index contributed by atoms with van der Waals surface area (Å²) in [7, 11) is 5.27. The number of fused-ring (bicyclic) bond motifs is 1. The Labute approximate surface area is 243 Å². The fraction of sp³-hybridized carbons (Fsp3) is 0.219. The predicted molar refractivity (Wildman–Crippen MR) is 164 cm³/mol. The Morgan fingerprint density at radius 1 is 0.929 bits per heavy atom. The van der Waals surface area contributed by atoms with Crippen LogP contribution in [-0.2, 0) is 0 Å². The van der Waals surface area contributed by atoms with Gasteiger partial charge >= 0.3 is 0 Å². The van der Waals surface area contributed by atoms with Crippen LogP contribution in [0.4, 0.5) is 11.4 Å². The van der Waals surface area contributed by atoms with Gasteiger partial charge in [-0.3, -0.25) is 4.79 Å². The number of pyridine rings is 1. The van der Waals surface area contributed by atoms with E-state index in [0.717, 1.165) is 31.9 Å². The number of carbonyl (C=O) groups excluding carboxylic acids is 1. The predicted octanol–water partition coefficient (Wildman–Crippen LogP) is 5.02. The number of carbonyl (C=O) groups is 1. The molecule has 3 N–H and O–H groups in total. The van der Waals surface area contributed by atoms with Gasteiger partial charge in [-0.05, 0) is 55.6 Å². The van der Waals surface area contributed by atoms with Crippen LogP contribution in [0.5, 0.6) is 17.4 Å². The molecule has 1 amide bonds. The summed E-state index contributed by atoms with van der Waals surface area (Å²) in [5, 5.41) is 14.2. The van der Waals surface area contributed by atoms with Crippen LogP contribution in [0.25, 0.3) is 33.5 Å². The summed E-state index contributed by atoms with van der Waals surface area (Å²) in [4.78, 5) is 30.1. The van der Waals surface area contributed by atoms with E-state index in [2.05, 4.69) is 37.1 Å². The lowest BCUT2D eigenvalue weighted by Gasteiger charge is -2.34. The van der Waals surface area contributed by atoms with Gasteiger partial charge in [-0.15, -0.1) is 0 Å². The molecule has 5 aromatic rings. The number of aromatic amines is 1. The molecule has 0 aliphatic carbocycles. The molecule has 1 fully saturated rings. The van der Waals surface area contributed by atoms with E-state index in [9.17, 15) is 9.90 Å². The first-order chi connectivity index (χ1) is 20.4. The van der Waals surface area contributed by atoms with E-state index < -0.39 is 0 Å². The molecule has 0 unspecified atom stereocenters. The second-order valence-electron chi connectivity index (χ2n) is 10.2. The molecule has 3 aromatic carbocycles. The van der Waals surface area contributed by atoms with Crippen molar-refractivity contribution in [2.45, 2.75) is 0 Å². The van der Waals surface area contributed by atoms with Crippen molar-refractivity contribution in [2.24, 2.45) is 0 Å². The SMILES string of the molecule is COc1cc(N2CCN(C)CC2)ccc1NC(=O)c1ccc2nc(-c3cccc(-c4cccnc4OC)c3O)[nH]c2c1. The smallest absolute Gasteiger partial charge is 0.255 e. The number of amides is 1. The molecule has 10 nitrogen and oxygen atoms in total. The van der Waals surface area contributed by atoms with Gasteiger partial charge < -0.3 is 34.7 Å². The Balaban J connectivity index is 1.25. The molecule has 0 spiro atoms. The van der Waals surface area contributed by atoms with Crippen molar-refractivity contribution in [1.29, 1.82) is 0 Å². The van der Waals surface area contributed by atoms with Gasteiger partial charge in [0.15, 0.2) is 0 Å². The molecule has 10 heteroatoms. The van der Waals surface area contributed by atoms with Crippen LogP contribution in [0.1, 0.15) is 10.4 Å². The number of anilines is 2. The van der Waals surface area contributed by atoms with Crippen LogP contribution >= 0.6 is 0 Å². The standard InChI is InChI=1S/C32H32N6O4/c1-37-14-16-38(17-15-37)21-10-12-26(28(19-21)41-2)36-31(40)20-9-11-25-27(18-20)35-30(34-25)24-7-4-6-22(29(24)39)23-8-5-13-33-32(23)42-3/h4-13,18-19,39H,14-17H2,1-3H3,(H,34,35)(H,36,40). The van der Waals surface area contributed by atoms with Crippen LogP contribution in [0.3, 0.4) is 0 Å². The zero-order valence-electron chi connectivity index (χ0n) is 23.7. The van der Waals surface area contributed by atoms with Gasteiger partial charge in [-0.25, -0.2) is 9.97 Å². The number of nitrogens with one attached hydrogen (secondary N) is 2. The molecule has 0 saturated carbocycles. The van der Waals surface area contributed by atoms with Crippen LogP contribution < -0.4 is 19.7 Å². The van der Waals surface area contributed by atoms with E-state index in [4.69, 9.17) is 9.47 Å². The summed E-state index contributed by atoms with van der Waals surface area (Å²) in [6.07, 6.45) is 1.63. The molecule has 42 heavy (non-hydrogen) atoms. The lowest BCUT2D eigenvalue weighted by atomic mass is 10.0. The third kappa shape index (κ3) is 5.19. The molecule has 2 aromatic heterocycles. The molecule has 0 bridgehead atoms. The Kier molecular flexibility index (Phi) is 7.37. The minimum atomic E-state index is -0.271. The lowest BCUT2D eigenvalue weighted by Crippen LogP contribution is -2.44. The normalized spacial score (nSPS) is 13.7. The first kappa shape index (κ1) is 27.1. The second kappa shape index (κ2) is 11.4. The van der Waals surface area contributed by atoms with E-state index in [0.29, 0.717) is 56.4 Å². The number of aromatic nitrogens is 3. The Morgan fingerprint density at radius 2 is 1.71 bits per heavy atom. The summed E-state index contributed by atoms with van der Waals surface area (Å²) in [5.41, 5.74) is 5.22. The molecule has 214 valence electrons. The highest BCUT2D eigenvalue weighted by molar-refractivity contribution is 6.07. The molecular formula is C32H32N6O4. The summed E-state index contributed by atoms with van der Waals surface area (Å²) < 4.78 is 11.0. The van der Waals surface area contributed by atoms with Crippen molar-refractivity contribution < 1.29 is 19.4 Å². The van der Waals surface area contributed by atoms with E-state index >= 15 is 0 Å². The Hall–Kier alpha value is -5.09. The number of hydrogen-bond donors (Lipinski definition) is 3. The largest absolute Gasteiger partial charge is 0.507 e. The molecule has 1 saturated heterocycles. The quantitative estimate of drug-likeness (QED) is 0.252. The van der Waals surface area contributed by atoms with E-state index in [1.807, 2.05) is 30.3 Å². The summed E-state index contributed by atoms with van der Waals surface area (Å²) in [5.74, 6) is 1.27. The number of rotatable bonds is 7. The molecule has 6 rings (SSSR count). The number of phenolic OH excluding ortho intramolecular Hbond substituents is 1. The highest BCUT2D eigenvalue weighted by Crippen LogP contribution is 2.40. The number of aromatic hydroxyl groups is 1. The zero-order chi connectivity index (χ0) is 29.2. The third-order valence-corrected chi connectivity index (χ3v) is 7.59. The highest BCUT2D eigenvalue weighted by atomic mass is 16.5. The van der Waals surface area contributed by atoms with Crippen LogP contribution in [-0.4, -0.2) is 78.3 Å². The van der Waals surface area contributed by atoms with Crippen LogP contribution in [0.2, 0.25) is 0 Å².